The summed E-state index contributed by atoms with van der Waals surface area (Å²) in [7, 11) is 0. The van der Waals surface area contributed by atoms with Gasteiger partial charge in [-0.3, -0.25) is 4.79 Å². The van der Waals surface area contributed by atoms with Crippen molar-refractivity contribution in [1.29, 1.82) is 0 Å². The molecule has 0 aliphatic heterocycles. The van der Waals surface area contributed by atoms with E-state index in [1.807, 2.05) is 6.92 Å². The molecule has 1 aromatic carbocycles. The maximum absolute atomic E-state index is 12.2. The molecule has 4 nitrogen and oxygen atoms in total. The van der Waals surface area contributed by atoms with Crippen LogP contribution in [0.25, 0.3) is 11.0 Å². The number of benzene rings is 1. The highest BCUT2D eigenvalue weighted by molar-refractivity contribution is 6.32. The maximum Gasteiger partial charge on any atom is 0.336 e. The van der Waals surface area contributed by atoms with Crippen LogP contribution in [0.2, 0.25) is 5.02 Å². The van der Waals surface area contributed by atoms with E-state index in [1.165, 1.54) is 25.3 Å². The molecule has 2 aliphatic rings. The Kier molecular flexibility index (Phi) is 4.32. The molecule has 0 amide bonds. The van der Waals surface area contributed by atoms with Crippen molar-refractivity contribution >= 4 is 28.5 Å². The molecule has 1 aromatic heterocycles. The minimum absolute atomic E-state index is 0.0706. The fourth-order valence-corrected chi connectivity index (χ4v) is 4.69. The van der Waals surface area contributed by atoms with E-state index < -0.39 is 5.63 Å². The van der Waals surface area contributed by atoms with Crippen molar-refractivity contribution in [3.63, 3.8) is 0 Å². The molecule has 0 unspecified atom stereocenters. The molecule has 5 heteroatoms. The number of rotatable bonds is 4. The first kappa shape index (κ1) is 16.6. The summed E-state index contributed by atoms with van der Waals surface area (Å²) >= 11 is 6.18. The summed E-state index contributed by atoms with van der Waals surface area (Å²) in [6, 6.07) is 4.87. The van der Waals surface area contributed by atoms with Gasteiger partial charge in [0.1, 0.15) is 12.2 Å². The predicted octanol–water partition coefficient (Wildman–Crippen LogP) is 4.62. The van der Waals surface area contributed by atoms with Gasteiger partial charge >= 0.3 is 11.6 Å². The molecule has 0 N–H and O–H groups in total. The Bertz CT molecular complexity index is 885. The van der Waals surface area contributed by atoms with Crippen LogP contribution < -0.4 is 5.63 Å². The highest BCUT2D eigenvalue weighted by Crippen LogP contribution is 2.49. The lowest BCUT2D eigenvalue weighted by atomic mass is 9.86. The van der Waals surface area contributed by atoms with Crippen molar-refractivity contribution in [1.82, 2.24) is 0 Å². The third-order valence-electron chi connectivity index (χ3n) is 5.81. The van der Waals surface area contributed by atoms with E-state index in [1.54, 1.807) is 12.1 Å². The third kappa shape index (κ3) is 3.32. The lowest BCUT2D eigenvalue weighted by Crippen LogP contribution is -2.17. The molecule has 2 aliphatic carbocycles. The summed E-state index contributed by atoms with van der Waals surface area (Å²) < 4.78 is 10.7. The lowest BCUT2D eigenvalue weighted by Gasteiger charge is -2.20. The molecule has 2 bridgehead atoms. The SMILES string of the molecule is Cc1cc2oc(=O)cc(COC(=O)C[C@@H]3C[C@H]4CC[C@@H]3C4)c2cc1Cl. The van der Waals surface area contributed by atoms with E-state index in [9.17, 15) is 9.59 Å². The fourth-order valence-electron chi connectivity index (χ4n) is 4.53. The number of hydrogen-bond acceptors (Lipinski definition) is 4. The van der Waals surface area contributed by atoms with Crippen molar-refractivity contribution in [2.75, 3.05) is 0 Å². The molecule has 4 rings (SSSR count). The summed E-state index contributed by atoms with van der Waals surface area (Å²) in [5.74, 6) is 1.80. The molecule has 132 valence electrons. The summed E-state index contributed by atoms with van der Waals surface area (Å²) in [4.78, 5) is 24.0. The first-order valence-corrected chi connectivity index (χ1v) is 9.26. The fraction of sp³-hybridized carbons (Fsp3) is 0.500. The number of carbonyl (C=O) groups excluding carboxylic acids is 1. The van der Waals surface area contributed by atoms with Crippen LogP contribution in [-0.4, -0.2) is 5.97 Å². The van der Waals surface area contributed by atoms with E-state index in [2.05, 4.69) is 0 Å². The smallest absolute Gasteiger partial charge is 0.336 e. The summed E-state index contributed by atoms with van der Waals surface area (Å²) in [5.41, 5.74) is 1.49. The standard InChI is InChI=1S/C20H21ClO4/c1-11-4-18-16(9-17(11)21)15(8-20(23)25-18)10-24-19(22)7-14-6-12-2-3-13(14)5-12/h4,8-9,12-14H,2-3,5-7,10H2,1H3/t12-,13+,14-/m0/s1. The maximum atomic E-state index is 12.2. The van der Waals surface area contributed by atoms with Crippen LogP contribution in [-0.2, 0) is 16.1 Å². The van der Waals surface area contributed by atoms with Crippen LogP contribution in [0.15, 0.2) is 27.4 Å². The Morgan fingerprint density at radius 3 is 2.84 bits per heavy atom. The van der Waals surface area contributed by atoms with Crippen LogP contribution in [0.3, 0.4) is 0 Å². The van der Waals surface area contributed by atoms with E-state index in [0.29, 0.717) is 39.8 Å². The lowest BCUT2D eigenvalue weighted by molar-refractivity contribution is -0.146. The number of halogens is 1. The van der Waals surface area contributed by atoms with Crippen molar-refractivity contribution in [2.24, 2.45) is 17.8 Å². The number of ether oxygens (including phenoxy) is 1. The number of aryl methyl sites for hydroxylation is 1. The highest BCUT2D eigenvalue weighted by Gasteiger charge is 2.40. The summed E-state index contributed by atoms with van der Waals surface area (Å²) in [6.07, 6.45) is 5.50. The largest absolute Gasteiger partial charge is 0.461 e. The topological polar surface area (TPSA) is 56.5 Å². The van der Waals surface area contributed by atoms with Crippen LogP contribution in [0, 0.1) is 24.7 Å². The zero-order valence-corrected chi connectivity index (χ0v) is 15.0. The summed E-state index contributed by atoms with van der Waals surface area (Å²) in [5, 5.41) is 1.30. The minimum atomic E-state index is -0.451. The average Bonchev–Trinajstić information content (AvgIpc) is 3.17. The first-order chi connectivity index (χ1) is 12.0. The Labute approximate surface area is 151 Å². The van der Waals surface area contributed by atoms with Gasteiger partial charge in [-0.15, -0.1) is 0 Å². The van der Waals surface area contributed by atoms with E-state index in [0.717, 1.165) is 17.9 Å². The van der Waals surface area contributed by atoms with Gasteiger partial charge in [-0.1, -0.05) is 18.0 Å². The molecule has 0 spiro atoms. The molecular weight excluding hydrogens is 340 g/mol. The van der Waals surface area contributed by atoms with Gasteiger partial charge in [0.15, 0.2) is 0 Å². The third-order valence-corrected chi connectivity index (χ3v) is 6.22. The van der Waals surface area contributed by atoms with Gasteiger partial charge < -0.3 is 9.15 Å². The quantitative estimate of drug-likeness (QED) is 0.589. The van der Waals surface area contributed by atoms with Gasteiger partial charge in [0, 0.05) is 28.5 Å². The molecule has 0 radical (unpaired) electrons. The number of hydrogen-bond donors (Lipinski definition) is 0. The molecular formula is C20H21ClO4. The van der Waals surface area contributed by atoms with Gasteiger partial charge in [-0.2, -0.15) is 0 Å². The Morgan fingerprint density at radius 1 is 1.28 bits per heavy atom. The second kappa shape index (κ2) is 6.49. The molecule has 25 heavy (non-hydrogen) atoms. The molecule has 2 aromatic rings. The van der Waals surface area contributed by atoms with Gasteiger partial charge in [-0.25, -0.2) is 4.79 Å². The van der Waals surface area contributed by atoms with Crippen molar-refractivity contribution in [3.05, 3.63) is 44.8 Å². The first-order valence-electron chi connectivity index (χ1n) is 8.88. The van der Waals surface area contributed by atoms with Crippen molar-refractivity contribution in [3.8, 4) is 0 Å². The summed E-state index contributed by atoms with van der Waals surface area (Å²) in [6.45, 7) is 1.92. The Hall–Kier alpha value is -1.81. The van der Waals surface area contributed by atoms with E-state index in [-0.39, 0.29) is 12.6 Å². The minimum Gasteiger partial charge on any atom is -0.461 e. The van der Waals surface area contributed by atoms with Gasteiger partial charge in [0.25, 0.3) is 0 Å². The normalized spacial score (nSPS) is 24.8. The number of carbonyl (C=O) groups is 1. The molecule has 2 fully saturated rings. The molecule has 3 atom stereocenters. The van der Waals surface area contributed by atoms with Crippen LogP contribution in [0.1, 0.15) is 43.2 Å². The monoisotopic (exact) mass is 360 g/mol. The second-order valence-corrected chi connectivity index (χ2v) is 7.90. The highest BCUT2D eigenvalue weighted by atomic mass is 35.5. The Balaban J connectivity index is 1.48. The molecule has 1 heterocycles. The molecule has 2 saturated carbocycles. The predicted molar refractivity (Wildman–Crippen MR) is 95.6 cm³/mol. The number of esters is 1. The van der Waals surface area contributed by atoms with E-state index in [4.69, 9.17) is 20.8 Å². The van der Waals surface area contributed by atoms with Crippen molar-refractivity contribution in [2.45, 2.75) is 45.6 Å². The van der Waals surface area contributed by atoms with Crippen LogP contribution in [0.4, 0.5) is 0 Å². The van der Waals surface area contributed by atoms with Gasteiger partial charge in [0.2, 0.25) is 0 Å². The second-order valence-electron chi connectivity index (χ2n) is 7.49. The van der Waals surface area contributed by atoms with Gasteiger partial charge in [-0.05, 0) is 61.6 Å². The van der Waals surface area contributed by atoms with Crippen molar-refractivity contribution < 1.29 is 13.9 Å². The van der Waals surface area contributed by atoms with Gasteiger partial charge in [0.05, 0.1) is 0 Å². The zero-order valence-electron chi connectivity index (χ0n) is 14.2. The molecule has 0 saturated heterocycles. The Morgan fingerprint density at radius 2 is 2.12 bits per heavy atom. The zero-order chi connectivity index (χ0) is 17.6. The average molecular weight is 361 g/mol. The van der Waals surface area contributed by atoms with Crippen LogP contribution >= 0.6 is 11.6 Å². The van der Waals surface area contributed by atoms with E-state index >= 15 is 0 Å². The van der Waals surface area contributed by atoms with Crippen LogP contribution in [0.5, 0.6) is 0 Å². The number of fused-ring (bicyclic) bond motifs is 3.